The van der Waals surface area contributed by atoms with Gasteiger partial charge < -0.3 is 14.8 Å². The third-order valence-corrected chi connectivity index (χ3v) is 7.10. The number of benzene rings is 2. The second kappa shape index (κ2) is 10.8. The van der Waals surface area contributed by atoms with Crippen LogP contribution in [0.4, 0.5) is 5.69 Å². The normalized spacial score (nSPS) is 12.6. The number of carbonyl (C=O) groups is 1. The second-order valence-electron chi connectivity index (χ2n) is 7.31. The van der Waals surface area contributed by atoms with E-state index in [-0.39, 0.29) is 25.7 Å². The van der Waals surface area contributed by atoms with Crippen LogP contribution in [0.5, 0.6) is 11.5 Å². The first-order chi connectivity index (χ1) is 14.8. The Labute approximate surface area is 188 Å². The summed E-state index contributed by atoms with van der Waals surface area (Å²) in [4.78, 5) is 12.1. The van der Waals surface area contributed by atoms with Crippen LogP contribution in [0.3, 0.4) is 0 Å². The molecule has 1 amide bonds. The lowest BCUT2D eigenvalue weighted by Crippen LogP contribution is -2.32. The molecule has 168 valence electrons. The molecule has 1 aliphatic heterocycles. The summed E-state index contributed by atoms with van der Waals surface area (Å²) in [6, 6.07) is 13.3. The van der Waals surface area contributed by atoms with Crippen molar-refractivity contribution in [3.63, 3.8) is 0 Å². The van der Waals surface area contributed by atoms with Crippen molar-refractivity contribution in [1.29, 1.82) is 0 Å². The van der Waals surface area contributed by atoms with Crippen molar-refractivity contribution in [2.24, 2.45) is 0 Å². The Hall–Kier alpha value is -2.39. The molecule has 7 nitrogen and oxygen atoms in total. The van der Waals surface area contributed by atoms with Crippen LogP contribution >= 0.6 is 11.8 Å². The van der Waals surface area contributed by atoms with Crippen molar-refractivity contribution < 1.29 is 22.7 Å². The van der Waals surface area contributed by atoms with Gasteiger partial charge in [0.05, 0.1) is 11.9 Å². The molecule has 1 heterocycles. The molecule has 0 fully saturated rings. The number of nitrogens with one attached hydrogen (secondary N) is 1. The van der Waals surface area contributed by atoms with E-state index in [9.17, 15) is 13.2 Å². The van der Waals surface area contributed by atoms with Crippen LogP contribution in [0.25, 0.3) is 0 Å². The van der Waals surface area contributed by atoms with Gasteiger partial charge in [0.1, 0.15) is 0 Å². The minimum Gasteiger partial charge on any atom is -0.454 e. The maximum absolute atomic E-state index is 12.2. The standard InChI is InChI=1S/C22H28N2O5S2/c1-17-6-3-4-7-18(17)15-30-13-11-23-22(25)8-5-12-24(31(2,26)27)19-9-10-20-21(14-19)29-16-28-20/h3-4,6-7,9-10,14H,5,8,11-13,15-16H2,1-2H3,(H,23,25). The Bertz CT molecular complexity index is 1010. The molecule has 2 aromatic rings. The van der Waals surface area contributed by atoms with E-state index in [1.54, 1.807) is 30.0 Å². The molecule has 2 aromatic carbocycles. The van der Waals surface area contributed by atoms with Crippen molar-refractivity contribution >= 4 is 33.4 Å². The molecular formula is C22H28N2O5S2. The van der Waals surface area contributed by atoms with Crippen LogP contribution in [-0.2, 0) is 20.6 Å². The number of carbonyl (C=O) groups excluding carboxylic acids is 1. The minimum atomic E-state index is -3.49. The molecule has 1 N–H and O–H groups in total. The molecule has 0 aliphatic carbocycles. The number of ether oxygens (including phenoxy) is 2. The van der Waals surface area contributed by atoms with Crippen molar-refractivity contribution in [3.05, 3.63) is 53.6 Å². The van der Waals surface area contributed by atoms with E-state index in [4.69, 9.17) is 9.47 Å². The fourth-order valence-electron chi connectivity index (χ4n) is 3.22. The van der Waals surface area contributed by atoms with Crippen molar-refractivity contribution in [2.75, 3.05) is 36.2 Å². The van der Waals surface area contributed by atoms with Gasteiger partial charge in [-0.05, 0) is 36.6 Å². The van der Waals surface area contributed by atoms with E-state index in [1.807, 2.05) is 12.1 Å². The number of aryl methyl sites for hydroxylation is 1. The highest BCUT2D eigenvalue weighted by atomic mass is 32.2. The van der Waals surface area contributed by atoms with Gasteiger partial charge >= 0.3 is 0 Å². The molecule has 31 heavy (non-hydrogen) atoms. The van der Waals surface area contributed by atoms with Gasteiger partial charge in [-0.3, -0.25) is 9.10 Å². The van der Waals surface area contributed by atoms with Crippen molar-refractivity contribution in [2.45, 2.75) is 25.5 Å². The van der Waals surface area contributed by atoms with E-state index in [2.05, 4.69) is 24.4 Å². The van der Waals surface area contributed by atoms with Gasteiger partial charge in [-0.2, -0.15) is 11.8 Å². The summed E-state index contributed by atoms with van der Waals surface area (Å²) >= 11 is 1.78. The Morgan fingerprint density at radius 2 is 1.94 bits per heavy atom. The summed E-state index contributed by atoms with van der Waals surface area (Å²) in [6.45, 7) is 3.03. The smallest absolute Gasteiger partial charge is 0.232 e. The van der Waals surface area contributed by atoms with E-state index in [1.165, 1.54) is 15.4 Å². The maximum Gasteiger partial charge on any atom is 0.232 e. The van der Waals surface area contributed by atoms with Gasteiger partial charge in [0.25, 0.3) is 0 Å². The number of hydrogen-bond acceptors (Lipinski definition) is 6. The van der Waals surface area contributed by atoms with Crippen molar-refractivity contribution in [3.8, 4) is 11.5 Å². The SMILES string of the molecule is Cc1ccccc1CSCCNC(=O)CCCN(c1ccc2c(c1)OCO2)S(C)(=O)=O. The number of fused-ring (bicyclic) bond motifs is 1. The van der Waals surface area contributed by atoms with Crippen LogP contribution in [0.1, 0.15) is 24.0 Å². The number of anilines is 1. The molecule has 0 bridgehead atoms. The molecule has 0 aromatic heterocycles. The third-order valence-electron chi connectivity index (χ3n) is 4.90. The second-order valence-corrected chi connectivity index (χ2v) is 10.3. The Kier molecular flexibility index (Phi) is 8.09. The number of hydrogen-bond donors (Lipinski definition) is 1. The van der Waals surface area contributed by atoms with E-state index in [0.717, 1.165) is 17.8 Å². The van der Waals surface area contributed by atoms with Gasteiger partial charge in [-0.15, -0.1) is 0 Å². The number of amides is 1. The highest BCUT2D eigenvalue weighted by molar-refractivity contribution is 7.98. The van der Waals surface area contributed by atoms with Gasteiger partial charge in [0.2, 0.25) is 22.7 Å². The average molecular weight is 465 g/mol. The Balaban J connectivity index is 1.40. The molecule has 0 saturated heterocycles. The lowest BCUT2D eigenvalue weighted by Gasteiger charge is -2.22. The Morgan fingerprint density at radius 1 is 1.16 bits per heavy atom. The summed E-state index contributed by atoms with van der Waals surface area (Å²) in [5, 5.41) is 2.91. The molecule has 0 spiro atoms. The van der Waals surface area contributed by atoms with E-state index >= 15 is 0 Å². The summed E-state index contributed by atoms with van der Waals surface area (Å²) in [6.07, 6.45) is 1.84. The van der Waals surface area contributed by atoms with Crippen molar-refractivity contribution in [1.82, 2.24) is 5.32 Å². The molecule has 0 radical (unpaired) electrons. The maximum atomic E-state index is 12.2. The highest BCUT2D eigenvalue weighted by Crippen LogP contribution is 2.36. The average Bonchev–Trinajstić information content (AvgIpc) is 3.19. The summed E-state index contributed by atoms with van der Waals surface area (Å²) in [7, 11) is -3.49. The first-order valence-corrected chi connectivity index (χ1v) is 13.1. The molecular weight excluding hydrogens is 436 g/mol. The summed E-state index contributed by atoms with van der Waals surface area (Å²) in [5.74, 6) is 2.79. The molecule has 9 heteroatoms. The van der Waals surface area contributed by atoms with Gasteiger partial charge in [0.15, 0.2) is 11.5 Å². The predicted octanol–water partition coefficient (Wildman–Crippen LogP) is 3.32. The quantitative estimate of drug-likeness (QED) is 0.514. The third kappa shape index (κ3) is 6.80. The number of rotatable bonds is 11. The monoisotopic (exact) mass is 464 g/mol. The molecule has 0 saturated carbocycles. The zero-order chi connectivity index (χ0) is 22.3. The summed E-state index contributed by atoms with van der Waals surface area (Å²) < 4.78 is 36.4. The highest BCUT2D eigenvalue weighted by Gasteiger charge is 2.21. The van der Waals surface area contributed by atoms with Crippen LogP contribution in [-0.4, -0.2) is 46.2 Å². The molecule has 0 atom stereocenters. The van der Waals surface area contributed by atoms with Gasteiger partial charge in [-0.1, -0.05) is 24.3 Å². The van der Waals surface area contributed by atoms with Crippen LogP contribution in [0, 0.1) is 6.92 Å². The molecule has 1 aliphatic rings. The fourth-order valence-corrected chi connectivity index (χ4v) is 5.11. The van der Waals surface area contributed by atoms with Crippen LogP contribution < -0.4 is 19.1 Å². The molecule has 3 rings (SSSR count). The lowest BCUT2D eigenvalue weighted by molar-refractivity contribution is -0.121. The largest absolute Gasteiger partial charge is 0.454 e. The summed E-state index contributed by atoms with van der Waals surface area (Å²) in [5.41, 5.74) is 3.08. The fraction of sp³-hybridized carbons (Fsp3) is 0.409. The Morgan fingerprint density at radius 3 is 2.71 bits per heavy atom. The minimum absolute atomic E-state index is 0.0735. The number of thioether (sulfide) groups is 1. The lowest BCUT2D eigenvalue weighted by atomic mass is 10.1. The predicted molar refractivity (Wildman–Crippen MR) is 124 cm³/mol. The number of nitrogens with zero attached hydrogens (tertiary/aromatic N) is 1. The first-order valence-electron chi connectivity index (χ1n) is 10.1. The van der Waals surface area contributed by atoms with Gasteiger partial charge in [-0.25, -0.2) is 8.42 Å². The zero-order valence-corrected chi connectivity index (χ0v) is 19.4. The van der Waals surface area contributed by atoms with Crippen LogP contribution in [0.2, 0.25) is 0 Å². The van der Waals surface area contributed by atoms with Gasteiger partial charge in [0, 0.05) is 37.1 Å². The van der Waals surface area contributed by atoms with E-state index in [0.29, 0.717) is 30.2 Å². The van der Waals surface area contributed by atoms with E-state index < -0.39 is 10.0 Å². The number of sulfonamides is 1. The zero-order valence-electron chi connectivity index (χ0n) is 17.8. The topological polar surface area (TPSA) is 84.9 Å². The molecule has 0 unspecified atom stereocenters. The first kappa shape index (κ1) is 23.3. The van der Waals surface area contributed by atoms with Crippen LogP contribution in [0.15, 0.2) is 42.5 Å².